The molecular formula is C10H9F3N4S. The number of rotatable bonds is 3. The van der Waals surface area contributed by atoms with Gasteiger partial charge < -0.3 is 11.1 Å². The van der Waals surface area contributed by atoms with Gasteiger partial charge in [-0.05, 0) is 17.7 Å². The van der Waals surface area contributed by atoms with Crippen molar-refractivity contribution in [1.82, 2.24) is 10.2 Å². The molecule has 1 aromatic heterocycles. The maximum absolute atomic E-state index is 12.3. The van der Waals surface area contributed by atoms with Crippen LogP contribution in [0.5, 0.6) is 0 Å². The molecule has 2 rings (SSSR count). The lowest BCUT2D eigenvalue weighted by molar-refractivity contribution is -0.138. The van der Waals surface area contributed by atoms with Crippen LogP contribution in [0.3, 0.4) is 0 Å². The first-order chi connectivity index (χ1) is 8.45. The van der Waals surface area contributed by atoms with E-state index < -0.39 is 11.2 Å². The smallest absolute Gasteiger partial charge is 0.399 e. The molecule has 4 nitrogen and oxygen atoms in total. The Bertz CT molecular complexity index is 538. The molecule has 0 fully saturated rings. The van der Waals surface area contributed by atoms with Gasteiger partial charge in [-0.2, -0.15) is 13.2 Å². The Morgan fingerprint density at radius 3 is 2.67 bits per heavy atom. The fraction of sp³-hybridized carbons (Fsp3) is 0.200. The van der Waals surface area contributed by atoms with Gasteiger partial charge in [-0.1, -0.05) is 23.5 Å². The minimum atomic E-state index is -4.45. The van der Waals surface area contributed by atoms with Crippen molar-refractivity contribution in [2.24, 2.45) is 0 Å². The number of nitrogens with two attached hydrogens (primary N) is 1. The van der Waals surface area contributed by atoms with Crippen LogP contribution in [0.2, 0.25) is 0 Å². The molecule has 0 spiro atoms. The molecule has 8 heteroatoms. The number of halogens is 3. The Balaban J connectivity index is 2.01. The van der Waals surface area contributed by atoms with E-state index in [0.29, 0.717) is 23.6 Å². The number of hydrogen-bond acceptors (Lipinski definition) is 5. The normalized spacial score (nSPS) is 11.5. The number of nitrogens with zero attached hydrogens (tertiary/aromatic N) is 2. The summed E-state index contributed by atoms with van der Waals surface area (Å²) in [6.45, 7) is 0.345. The molecule has 0 saturated heterocycles. The minimum Gasteiger partial charge on any atom is -0.399 e. The summed E-state index contributed by atoms with van der Waals surface area (Å²) in [5.41, 5.74) is 7.05. The minimum absolute atomic E-state index is 0.129. The van der Waals surface area contributed by atoms with Crippen LogP contribution in [-0.2, 0) is 12.7 Å². The molecule has 18 heavy (non-hydrogen) atoms. The molecule has 0 aliphatic carbocycles. The Hall–Kier alpha value is -1.83. The van der Waals surface area contributed by atoms with Crippen molar-refractivity contribution in [2.45, 2.75) is 12.7 Å². The molecule has 96 valence electrons. The second-order valence-electron chi connectivity index (χ2n) is 3.51. The molecule has 1 aromatic carbocycles. The highest BCUT2D eigenvalue weighted by Crippen LogP contribution is 2.33. The van der Waals surface area contributed by atoms with Crippen LogP contribution < -0.4 is 11.1 Å². The van der Waals surface area contributed by atoms with Crippen molar-refractivity contribution in [2.75, 3.05) is 11.1 Å². The Labute approximate surface area is 105 Å². The van der Waals surface area contributed by atoms with Gasteiger partial charge in [-0.3, -0.25) is 0 Å². The standard InChI is InChI=1S/C10H9F3N4S/c11-10(12,13)8-16-17-9(18-8)15-5-6-2-1-3-7(14)4-6/h1-4H,5,14H2,(H,15,17). The SMILES string of the molecule is Nc1cccc(CNc2nnc(C(F)(F)F)s2)c1. The highest BCUT2D eigenvalue weighted by atomic mass is 32.1. The van der Waals surface area contributed by atoms with Crippen molar-refractivity contribution in [1.29, 1.82) is 0 Å². The zero-order chi connectivity index (χ0) is 13.2. The van der Waals surface area contributed by atoms with Gasteiger partial charge in [0, 0.05) is 12.2 Å². The van der Waals surface area contributed by atoms with Gasteiger partial charge in [-0.25, -0.2) is 0 Å². The van der Waals surface area contributed by atoms with Crippen molar-refractivity contribution in [3.63, 3.8) is 0 Å². The number of aromatic nitrogens is 2. The number of alkyl halides is 3. The fourth-order valence-electron chi connectivity index (χ4n) is 1.29. The van der Waals surface area contributed by atoms with Crippen molar-refractivity contribution in [3.05, 3.63) is 34.8 Å². The summed E-state index contributed by atoms with van der Waals surface area (Å²) in [5, 5.41) is 8.44. The Morgan fingerprint density at radius 1 is 1.28 bits per heavy atom. The third kappa shape index (κ3) is 3.10. The zero-order valence-corrected chi connectivity index (χ0v) is 9.85. The number of hydrogen-bond donors (Lipinski definition) is 2. The van der Waals surface area contributed by atoms with Crippen LogP contribution in [0, 0.1) is 0 Å². The van der Waals surface area contributed by atoms with Crippen LogP contribution in [-0.4, -0.2) is 10.2 Å². The highest BCUT2D eigenvalue weighted by molar-refractivity contribution is 7.15. The summed E-state index contributed by atoms with van der Waals surface area (Å²) >= 11 is 0.474. The lowest BCUT2D eigenvalue weighted by atomic mass is 10.2. The molecule has 0 atom stereocenters. The van der Waals surface area contributed by atoms with Crippen LogP contribution in [0.4, 0.5) is 24.0 Å². The van der Waals surface area contributed by atoms with Crippen LogP contribution in [0.25, 0.3) is 0 Å². The summed E-state index contributed by atoms with van der Waals surface area (Å²) in [7, 11) is 0. The Kier molecular flexibility index (Phi) is 3.37. The second-order valence-corrected chi connectivity index (χ2v) is 4.49. The van der Waals surface area contributed by atoms with Crippen LogP contribution in [0.1, 0.15) is 10.6 Å². The molecule has 3 N–H and O–H groups in total. The third-order valence-corrected chi connectivity index (χ3v) is 2.99. The number of nitrogen functional groups attached to an aromatic ring is 1. The quantitative estimate of drug-likeness (QED) is 0.845. The van der Waals surface area contributed by atoms with Gasteiger partial charge in [0.25, 0.3) is 0 Å². The van der Waals surface area contributed by atoms with Crippen LogP contribution in [0.15, 0.2) is 24.3 Å². The maximum Gasteiger partial charge on any atom is 0.445 e. The predicted molar refractivity (Wildman–Crippen MR) is 63.1 cm³/mol. The van der Waals surface area contributed by atoms with Gasteiger partial charge in [0.15, 0.2) is 0 Å². The molecule has 0 radical (unpaired) electrons. The maximum atomic E-state index is 12.3. The van der Waals surface area contributed by atoms with Gasteiger partial charge in [0.05, 0.1) is 0 Å². The third-order valence-electron chi connectivity index (χ3n) is 2.06. The highest BCUT2D eigenvalue weighted by Gasteiger charge is 2.35. The van der Waals surface area contributed by atoms with E-state index in [9.17, 15) is 13.2 Å². The first kappa shape index (κ1) is 12.6. The summed E-state index contributed by atoms with van der Waals surface area (Å²) in [5.74, 6) is 0. The molecule has 1 heterocycles. The van der Waals surface area contributed by atoms with Crippen molar-refractivity contribution < 1.29 is 13.2 Å². The molecule has 0 amide bonds. The average molecular weight is 274 g/mol. The molecule has 0 saturated carbocycles. The second kappa shape index (κ2) is 4.81. The van der Waals surface area contributed by atoms with Crippen LogP contribution >= 0.6 is 11.3 Å². The topological polar surface area (TPSA) is 63.8 Å². The summed E-state index contributed by atoms with van der Waals surface area (Å²) in [4.78, 5) is 0. The lowest BCUT2D eigenvalue weighted by Gasteiger charge is -2.03. The molecule has 0 aliphatic heterocycles. The fourth-order valence-corrected chi connectivity index (χ4v) is 1.90. The first-order valence-corrected chi connectivity index (χ1v) is 5.76. The molecule has 0 unspecified atom stereocenters. The van der Waals surface area contributed by atoms with Gasteiger partial charge in [0.1, 0.15) is 0 Å². The van der Waals surface area contributed by atoms with E-state index in [4.69, 9.17) is 5.73 Å². The number of benzene rings is 1. The van der Waals surface area contributed by atoms with E-state index in [0.717, 1.165) is 5.56 Å². The summed E-state index contributed by atoms with van der Waals surface area (Å²) in [6, 6.07) is 7.05. The van der Waals surface area contributed by atoms with Crippen molar-refractivity contribution in [3.8, 4) is 0 Å². The predicted octanol–water partition coefficient (Wildman–Crippen LogP) is 2.75. The monoisotopic (exact) mass is 274 g/mol. The molecule has 0 bridgehead atoms. The largest absolute Gasteiger partial charge is 0.445 e. The zero-order valence-electron chi connectivity index (χ0n) is 9.03. The molecule has 0 aliphatic rings. The van der Waals surface area contributed by atoms with E-state index in [1.807, 2.05) is 6.07 Å². The van der Waals surface area contributed by atoms with Gasteiger partial charge in [0.2, 0.25) is 10.1 Å². The van der Waals surface area contributed by atoms with E-state index in [-0.39, 0.29) is 5.13 Å². The lowest BCUT2D eigenvalue weighted by Crippen LogP contribution is -2.03. The molecular weight excluding hydrogens is 265 g/mol. The van der Waals surface area contributed by atoms with E-state index in [1.54, 1.807) is 18.2 Å². The van der Waals surface area contributed by atoms with E-state index in [2.05, 4.69) is 15.5 Å². The van der Waals surface area contributed by atoms with Gasteiger partial charge >= 0.3 is 6.18 Å². The Morgan fingerprint density at radius 2 is 2.06 bits per heavy atom. The van der Waals surface area contributed by atoms with Crippen molar-refractivity contribution >= 4 is 22.2 Å². The average Bonchev–Trinajstić information content (AvgIpc) is 2.74. The molecule has 2 aromatic rings. The summed E-state index contributed by atoms with van der Waals surface area (Å²) < 4.78 is 36.8. The summed E-state index contributed by atoms with van der Waals surface area (Å²) in [6.07, 6.45) is -4.45. The van der Waals surface area contributed by atoms with E-state index in [1.165, 1.54) is 0 Å². The first-order valence-electron chi connectivity index (χ1n) is 4.94. The number of anilines is 2. The number of nitrogens with one attached hydrogen (secondary N) is 1. The van der Waals surface area contributed by atoms with E-state index >= 15 is 0 Å². The van der Waals surface area contributed by atoms with Gasteiger partial charge in [-0.15, -0.1) is 10.2 Å².